The van der Waals surface area contributed by atoms with Crippen molar-refractivity contribution in [1.82, 2.24) is 0 Å². The molecule has 2 aliphatic carbocycles. The minimum Gasteiger partial charge on any atom is -0.384 e. The predicted molar refractivity (Wildman–Crippen MR) is 65.1 cm³/mol. The minimum atomic E-state index is -1.61. The predicted octanol–water partition coefficient (Wildman–Crippen LogP) is -0.0576. The fourth-order valence-corrected chi connectivity index (χ4v) is 4.58. The molecule has 0 aromatic heterocycles. The average Bonchev–Trinajstić information content (AvgIpc) is 2.58. The lowest BCUT2D eigenvalue weighted by molar-refractivity contribution is -0.281. The van der Waals surface area contributed by atoms with Gasteiger partial charge in [0.25, 0.3) is 0 Å². The molecule has 4 aliphatic rings. The zero-order valence-corrected chi connectivity index (χ0v) is 11.0. The SMILES string of the molecule is CC1=C[C@@H]2OC[C@@]3(O)C4C[C@](O)(OC[C@@]42CC1)[C@H]3O. The summed E-state index contributed by atoms with van der Waals surface area (Å²) in [5, 5.41) is 31.4. The Hall–Kier alpha value is -0.460. The Morgan fingerprint density at radius 1 is 1.32 bits per heavy atom. The number of aliphatic hydroxyl groups is 3. The molecule has 2 aliphatic heterocycles. The van der Waals surface area contributed by atoms with Crippen LogP contribution in [0.15, 0.2) is 11.6 Å². The summed E-state index contributed by atoms with van der Waals surface area (Å²) in [6, 6.07) is 0. The lowest BCUT2D eigenvalue weighted by Crippen LogP contribution is -2.63. The highest BCUT2D eigenvalue weighted by Crippen LogP contribution is 2.62. The molecule has 5 nitrogen and oxygen atoms in total. The van der Waals surface area contributed by atoms with Gasteiger partial charge in [0.15, 0.2) is 5.79 Å². The van der Waals surface area contributed by atoms with Gasteiger partial charge in [0.05, 0.1) is 19.3 Å². The molecule has 2 saturated heterocycles. The topological polar surface area (TPSA) is 79.2 Å². The van der Waals surface area contributed by atoms with Crippen molar-refractivity contribution < 1.29 is 24.8 Å². The third kappa shape index (κ3) is 1.28. The van der Waals surface area contributed by atoms with Gasteiger partial charge in [-0.05, 0) is 19.8 Å². The maximum absolute atomic E-state index is 10.8. The van der Waals surface area contributed by atoms with Gasteiger partial charge >= 0.3 is 0 Å². The third-order valence-electron chi connectivity index (χ3n) is 5.77. The van der Waals surface area contributed by atoms with Gasteiger partial charge in [-0.3, -0.25) is 0 Å². The quantitative estimate of drug-likeness (QED) is 0.537. The number of rotatable bonds is 0. The van der Waals surface area contributed by atoms with Crippen molar-refractivity contribution in [2.24, 2.45) is 11.3 Å². The van der Waals surface area contributed by atoms with Gasteiger partial charge in [0, 0.05) is 17.8 Å². The first kappa shape index (κ1) is 12.3. The molecule has 5 heteroatoms. The van der Waals surface area contributed by atoms with E-state index in [1.165, 1.54) is 5.57 Å². The van der Waals surface area contributed by atoms with Crippen molar-refractivity contribution in [3.63, 3.8) is 0 Å². The van der Waals surface area contributed by atoms with E-state index in [-0.39, 0.29) is 30.5 Å². The number of aliphatic hydroxyl groups excluding tert-OH is 1. The smallest absolute Gasteiger partial charge is 0.195 e. The van der Waals surface area contributed by atoms with Crippen LogP contribution < -0.4 is 0 Å². The van der Waals surface area contributed by atoms with E-state index in [2.05, 4.69) is 13.0 Å². The molecule has 2 bridgehead atoms. The van der Waals surface area contributed by atoms with Crippen LogP contribution in [-0.4, -0.2) is 52.1 Å². The summed E-state index contributed by atoms with van der Waals surface area (Å²) in [4.78, 5) is 0. The van der Waals surface area contributed by atoms with Crippen LogP contribution in [0.1, 0.15) is 26.2 Å². The molecule has 1 spiro atoms. The average molecular weight is 268 g/mol. The van der Waals surface area contributed by atoms with Gasteiger partial charge in [-0.1, -0.05) is 11.6 Å². The van der Waals surface area contributed by atoms with Gasteiger partial charge in [-0.2, -0.15) is 0 Å². The summed E-state index contributed by atoms with van der Waals surface area (Å²) in [6.07, 6.45) is 2.85. The van der Waals surface area contributed by atoms with Crippen LogP contribution in [0.25, 0.3) is 0 Å². The number of fused-ring (bicyclic) bond motifs is 1. The fourth-order valence-electron chi connectivity index (χ4n) is 4.58. The maximum atomic E-state index is 10.8. The summed E-state index contributed by atoms with van der Waals surface area (Å²) < 4.78 is 11.4. The van der Waals surface area contributed by atoms with Crippen molar-refractivity contribution in [1.29, 1.82) is 0 Å². The van der Waals surface area contributed by atoms with Gasteiger partial charge < -0.3 is 24.8 Å². The van der Waals surface area contributed by atoms with Crippen molar-refractivity contribution in [3.8, 4) is 0 Å². The zero-order valence-electron chi connectivity index (χ0n) is 11.0. The van der Waals surface area contributed by atoms with E-state index in [0.29, 0.717) is 6.61 Å². The fraction of sp³-hybridized carbons (Fsp3) is 0.857. The van der Waals surface area contributed by atoms with Gasteiger partial charge in [-0.15, -0.1) is 0 Å². The highest BCUT2D eigenvalue weighted by molar-refractivity contribution is 5.25. The third-order valence-corrected chi connectivity index (χ3v) is 5.77. The molecule has 3 N–H and O–H groups in total. The number of hydrogen-bond acceptors (Lipinski definition) is 5. The molecular formula is C14H20O5. The maximum Gasteiger partial charge on any atom is 0.195 e. The van der Waals surface area contributed by atoms with E-state index < -0.39 is 17.5 Å². The summed E-state index contributed by atoms with van der Waals surface area (Å²) in [5.74, 6) is -1.78. The van der Waals surface area contributed by atoms with E-state index in [9.17, 15) is 15.3 Å². The van der Waals surface area contributed by atoms with E-state index >= 15 is 0 Å². The standard InChI is InChI=1S/C14H20O5/c1-8-2-3-12-6-19-14(17)5-9(12)13(16,11(14)15)7-18-10(12)4-8/h4,9-11,15-17H,2-3,5-7H2,1H3/t9?,10-,11-,12-,13+,14-/m0/s1. The molecule has 3 fully saturated rings. The summed E-state index contributed by atoms with van der Waals surface area (Å²) >= 11 is 0. The Kier molecular flexibility index (Phi) is 2.20. The summed E-state index contributed by atoms with van der Waals surface area (Å²) in [5.41, 5.74) is -0.405. The number of ether oxygens (including phenoxy) is 2. The Labute approximate surface area is 111 Å². The number of allylic oxidation sites excluding steroid dienone is 1. The Morgan fingerprint density at radius 3 is 2.89 bits per heavy atom. The van der Waals surface area contributed by atoms with E-state index in [1.54, 1.807) is 0 Å². The minimum absolute atomic E-state index is 0.0562. The highest BCUT2D eigenvalue weighted by atomic mass is 16.6. The van der Waals surface area contributed by atoms with Crippen molar-refractivity contribution >= 4 is 0 Å². The largest absolute Gasteiger partial charge is 0.384 e. The van der Waals surface area contributed by atoms with Gasteiger partial charge in [-0.25, -0.2) is 0 Å². The first-order chi connectivity index (χ1) is 8.91. The molecule has 0 amide bonds. The second kappa shape index (κ2) is 3.40. The summed E-state index contributed by atoms with van der Waals surface area (Å²) in [6.45, 7) is 2.48. The van der Waals surface area contributed by atoms with Crippen LogP contribution in [-0.2, 0) is 9.47 Å². The number of hydrogen-bond donors (Lipinski definition) is 3. The molecule has 0 radical (unpaired) electrons. The van der Waals surface area contributed by atoms with Crippen LogP contribution >= 0.6 is 0 Å². The van der Waals surface area contributed by atoms with Crippen LogP contribution in [0.4, 0.5) is 0 Å². The molecule has 106 valence electrons. The second-order valence-electron chi connectivity index (χ2n) is 6.76. The van der Waals surface area contributed by atoms with E-state index in [0.717, 1.165) is 12.8 Å². The van der Waals surface area contributed by atoms with Crippen molar-refractivity contribution in [3.05, 3.63) is 11.6 Å². The van der Waals surface area contributed by atoms with Gasteiger partial charge in [0.1, 0.15) is 11.7 Å². The molecule has 6 atom stereocenters. The monoisotopic (exact) mass is 268 g/mol. The summed E-state index contributed by atoms with van der Waals surface area (Å²) in [7, 11) is 0. The highest BCUT2D eigenvalue weighted by Gasteiger charge is 2.74. The first-order valence-corrected chi connectivity index (χ1v) is 6.96. The first-order valence-electron chi connectivity index (χ1n) is 6.96. The van der Waals surface area contributed by atoms with E-state index in [1.807, 2.05) is 0 Å². The Morgan fingerprint density at radius 2 is 2.11 bits per heavy atom. The van der Waals surface area contributed by atoms with Crippen molar-refractivity contribution in [2.75, 3.05) is 13.2 Å². The molecule has 0 aromatic rings. The lowest BCUT2D eigenvalue weighted by Gasteiger charge is -2.55. The van der Waals surface area contributed by atoms with Crippen LogP contribution in [0.5, 0.6) is 0 Å². The van der Waals surface area contributed by atoms with E-state index in [4.69, 9.17) is 9.47 Å². The van der Waals surface area contributed by atoms with Crippen LogP contribution in [0, 0.1) is 11.3 Å². The molecule has 2 heterocycles. The van der Waals surface area contributed by atoms with Crippen LogP contribution in [0.3, 0.4) is 0 Å². The van der Waals surface area contributed by atoms with Gasteiger partial charge in [0.2, 0.25) is 0 Å². The normalized spacial score (nSPS) is 59.6. The Bertz CT molecular complexity index is 463. The Balaban J connectivity index is 1.83. The molecule has 4 rings (SSSR count). The molecular weight excluding hydrogens is 248 g/mol. The molecule has 1 saturated carbocycles. The zero-order chi connectivity index (χ0) is 13.5. The second-order valence-corrected chi connectivity index (χ2v) is 6.76. The van der Waals surface area contributed by atoms with Crippen molar-refractivity contribution in [2.45, 2.75) is 49.8 Å². The van der Waals surface area contributed by atoms with Crippen LogP contribution in [0.2, 0.25) is 0 Å². The lowest BCUT2D eigenvalue weighted by atomic mass is 9.59. The molecule has 19 heavy (non-hydrogen) atoms. The molecule has 0 aromatic carbocycles. The molecule has 1 unspecified atom stereocenters.